The Morgan fingerprint density at radius 2 is 0.447 bits per heavy atom. The van der Waals surface area contributed by atoms with Crippen molar-refractivity contribution in [2.75, 3.05) is 39.6 Å². The molecule has 0 rings (SSSR count). The zero-order chi connectivity index (χ0) is 75.8. The number of aliphatic hydroxyl groups is 1. The van der Waals surface area contributed by atoms with Crippen LogP contribution in [-0.4, -0.2) is 96.7 Å². The molecule has 19 heteroatoms. The van der Waals surface area contributed by atoms with Gasteiger partial charge in [0.25, 0.3) is 0 Å². The first kappa shape index (κ1) is 101. The van der Waals surface area contributed by atoms with Crippen LogP contribution < -0.4 is 0 Å². The fourth-order valence-electron chi connectivity index (χ4n) is 13.0. The largest absolute Gasteiger partial charge is 0.472 e. The fraction of sp³-hybridized carbons (Fsp3) is 0.952. The zero-order valence-electron chi connectivity index (χ0n) is 67.8. The van der Waals surface area contributed by atoms with E-state index < -0.39 is 97.5 Å². The zero-order valence-corrected chi connectivity index (χ0v) is 69.6. The molecule has 0 fully saturated rings. The highest BCUT2D eigenvalue weighted by molar-refractivity contribution is 7.47. The topological polar surface area (TPSA) is 237 Å². The van der Waals surface area contributed by atoms with Crippen LogP contribution in [0.4, 0.5) is 0 Å². The van der Waals surface area contributed by atoms with Crippen LogP contribution in [0.2, 0.25) is 0 Å². The number of hydrogen-bond acceptors (Lipinski definition) is 15. The Bertz CT molecular complexity index is 1990. The number of carbonyl (C=O) groups is 4. The number of aliphatic hydroxyl groups excluding tert-OH is 1. The van der Waals surface area contributed by atoms with Crippen LogP contribution in [0.5, 0.6) is 0 Å². The van der Waals surface area contributed by atoms with Gasteiger partial charge in [-0.15, -0.1) is 0 Å². The highest BCUT2D eigenvalue weighted by atomic mass is 31.2. The van der Waals surface area contributed by atoms with E-state index >= 15 is 0 Å². The summed E-state index contributed by atoms with van der Waals surface area (Å²) in [5.41, 5.74) is 0. The quantitative estimate of drug-likeness (QED) is 0.0222. The number of phosphoric acid groups is 2. The Hall–Kier alpha value is -1.94. The molecule has 5 atom stereocenters. The van der Waals surface area contributed by atoms with Gasteiger partial charge >= 0.3 is 39.5 Å². The molecule has 0 aromatic carbocycles. The number of hydrogen-bond donors (Lipinski definition) is 3. The third-order valence-electron chi connectivity index (χ3n) is 19.6. The molecule has 0 bridgehead atoms. The maximum absolute atomic E-state index is 13.1. The number of carbonyl (C=O) groups excluding carboxylic acids is 4. The molecular formula is C84H164O17P2. The molecule has 0 saturated carbocycles. The number of unbranched alkanes of at least 4 members (excludes halogenated alkanes) is 50. The summed E-state index contributed by atoms with van der Waals surface area (Å²) in [6.07, 6.45) is 63.9. The molecule has 0 aliphatic rings. The van der Waals surface area contributed by atoms with Gasteiger partial charge in [0.2, 0.25) is 0 Å². The van der Waals surface area contributed by atoms with Crippen molar-refractivity contribution in [3.63, 3.8) is 0 Å². The summed E-state index contributed by atoms with van der Waals surface area (Å²) >= 11 is 0. The van der Waals surface area contributed by atoms with E-state index in [1.54, 1.807) is 0 Å². The van der Waals surface area contributed by atoms with Gasteiger partial charge in [-0.25, -0.2) is 9.13 Å². The van der Waals surface area contributed by atoms with E-state index in [0.29, 0.717) is 25.7 Å². The lowest BCUT2D eigenvalue weighted by molar-refractivity contribution is -0.161. The van der Waals surface area contributed by atoms with Gasteiger partial charge < -0.3 is 33.8 Å². The molecule has 612 valence electrons. The molecule has 0 spiro atoms. The molecule has 0 aliphatic heterocycles. The average molecular weight is 1510 g/mol. The summed E-state index contributed by atoms with van der Waals surface area (Å²) < 4.78 is 68.8. The molecule has 0 aromatic rings. The lowest BCUT2D eigenvalue weighted by Gasteiger charge is -2.21. The maximum atomic E-state index is 13.1. The third kappa shape index (κ3) is 78.0. The van der Waals surface area contributed by atoms with Crippen molar-refractivity contribution in [1.82, 2.24) is 0 Å². The van der Waals surface area contributed by atoms with Crippen LogP contribution in [-0.2, 0) is 65.4 Å². The van der Waals surface area contributed by atoms with E-state index in [0.717, 1.165) is 114 Å². The second-order valence-corrected chi connectivity index (χ2v) is 34.6. The van der Waals surface area contributed by atoms with Gasteiger partial charge in [-0.05, 0) is 43.4 Å². The van der Waals surface area contributed by atoms with E-state index in [9.17, 15) is 43.2 Å². The first-order chi connectivity index (χ1) is 49.7. The van der Waals surface area contributed by atoms with Gasteiger partial charge in [0.1, 0.15) is 19.3 Å². The number of rotatable bonds is 82. The molecule has 0 heterocycles. The molecule has 0 amide bonds. The SMILES string of the molecule is CCCCCCCCCCC(=O)OC[C@H](COP(=O)(O)OC[C@H](O)COP(=O)(O)OC[C@@H](COC(=O)CCCCCCCCCCCCCCCCCCC(C)C)OC(=O)CCCCCCCCCCCCCCCCCCC(C)C)OC(=O)CCCCCCCCCCCCCCCCC(C)C. The number of phosphoric ester groups is 2. The van der Waals surface area contributed by atoms with Gasteiger partial charge in [-0.2, -0.15) is 0 Å². The second-order valence-electron chi connectivity index (χ2n) is 31.6. The van der Waals surface area contributed by atoms with Gasteiger partial charge in [0, 0.05) is 25.7 Å². The van der Waals surface area contributed by atoms with Crippen LogP contribution in [0, 0.1) is 17.8 Å². The minimum Gasteiger partial charge on any atom is -0.462 e. The Morgan fingerprint density at radius 3 is 0.660 bits per heavy atom. The van der Waals surface area contributed by atoms with Gasteiger partial charge in [0.15, 0.2) is 12.2 Å². The summed E-state index contributed by atoms with van der Waals surface area (Å²) in [6.45, 7) is 12.0. The van der Waals surface area contributed by atoms with Crippen molar-refractivity contribution >= 4 is 39.5 Å². The van der Waals surface area contributed by atoms with Crippen LogP contribution in [0.15, 0.2) is 0 Å². The Balaban J connectivity index is 5.20. The van der Waals surface area contributed by atoms with E-state index in [2.05, 4.69) is 48.5 Å². The molecule has 0 saturated heterocycles. The summed E-state index contributed by atoms with van der Waals surface area (Å²) in [6, 6.07) is 0. The number of ether oxygens (including phenoxy) is 4. The van der Waals surface area contributed by atoms with Crippen LogP contribution in [0.25, 0.3) is 0 Å². The molecular weight excluding hydrogens is 1340 g/mol. The highest BCUT2D eigenvalue weighted by Gasteiger charge is 2.30. The predicted molar refractivity (Wildman–Crippen MR) is 423 cm³/mol. The monoisotopic (exact) mass is 1510 g/mol. The Morgan fingerprint density at radius 1 is 0.262 bits per heavy atom. The van der Waals surface area contributed by atoms with Gasteiger partial charge in [-0.3, -0.25) is 37.3 Å². The molecule has 3 N–H and O–H groups in total. The maximum Gasteiger partial charge on any atom is 0.472 e. The molecule has 0 radical (unpaired) electrons. The first-order valence-corrected chi connectivity index (χ1v) is 46.3. The van der Waals surface area contributed by atoms with Crippen molar-refractivity contribution in [2.45, 2.75) is 458 Å². The molecule has 17 nitrogen and oxygen atoms in total. The van der Waals surface area contributed by atoms with Gasteiger partial charge in [-0.1, -0.05) is 389 Å². The van der Waals surface area contributed by atoms with Crippen molar-refractivity contribution in [1.29, 1.82) is 0 Å². The van der Waals surface area contributed by atoms with Crippen molar-refractivity contribution in [2.24, 2.45) is 17.8 Å². The third-order valence-corrected chi connectivity index (χ3v) is 21.5. The van der Waals surface area contributed by atoms with E-state index in [4.69, 9.17) is 37.0 Å². The Kier molecular flexibility index (Phi) is 72.8. The standard InChI is InChI=1S/C84H164O17P2/c1-8-9-10-11-12-44-51-58-65-81(86)94-71-79(100-83(88)68-61-54-47-40-34-28-22-21-25-31-37-43-50-57-64-77(6)7)73-98-102(90,91)96-69-78(85)70-97-103(92,93)99-74-80(101-84(89)67-60-53-46-39-33-27-20-16-14-18-24-30-36-42-49-56-63-76(4)5)72-95-82(87)66-59-52-45-38-32-26-19-15-13-17-23-29-35-41-48-55-62-75(2)3/h75-80,85H,8-74H2,1-7H3,(H,90,91)(H,92,93)/t78-,79+,80+/m0/s1. The second kappa shape index (κ2) is 74.2. The Labute approximate surface area is 632 Å². The summed E-state index contributed by atoms with van der Waals surface area (Å²) in [7, 11) is -9.92. The summed E-state index contributed by atoms with van der Waals surface area (Å²) in [5.74, 6) is 0.308. The van der Waals surface area contributed by atoms with E-state index in [1.165, 1.54) is 244 Å². The minimum absolute atomic E-state index is 0.107. The lowest BCUT2D eigenvalue weighted by Crippen LogP contribution is -2.30. The molecule has 103 heavy (non-hydrogen) atoms. The normalized spacial score (nSPS) is 13.9. The molecule has 0 aromatic heterocycles. The fourth-order valence-corrected chi connectivity index (χ4v) is 14.6. The summed E-state index contributed by atoms with van der Waals surface area (Å²) in [5, 5.41) is 10.7. The number of esters is 4. The van der Waals surface area contributed by atoms with E-state index in [1.807, 2.05) is 0 Å². The van der Waals surface area contributed by atoms with E-state index in [-0.39, 0.29) is 25.7 Å². The average Bonchev–Trinajstić information content (AvgIpc) is 0.944. The van der Waals surface area contributed by atoms with Crippen molar-refractivity contribution < 1.29 is 80.2 Å². The predicted octanol–water partition coefficient (Wildman–Crippen LogP) is 25.3. The summed E-state index contributed by atoms with van der Waals surface area (Å²) in [4.78, 5) is 73.1. The van der Waals surface area contributed by atoms with Crippen molar-refractivity contribution in [3.05, 3.63) is 0 Å². The van der Waals surface area contributed by atoms with Crippen LogP contribution >= 0.6 is 15.6 Å². The highest BCUT2D eigenvalue weighted by Crippen LogP contribution is 2.45. The van der Waals surface area contributed by atoms with Gasteiger partial charge in [0.05, 0.1) is 26.4 Å². The molecule has 0 aliphatic carbocycles. The smallest absolute Gasteiger partial charge is 0.462 e. The van der Waals surface area contributed by atoms with Crippen LogP contribution in [0.3, 0.4) is 0 Å². The molecule has 2 unspecified atom stereocenters. The lowest BCUT2D eigenvalue weighted by atomic mass is 10.0. The first-order valence-electron chi connectivity index (χ1n) is 43.3. The van der Waals surface area contributed by atoms with Crippen LogP contribution in [0.1, 0.15) is 440 Å². The minimum atomic E-state index is -4.96. The van der Waals surface area contributed by atoms with Crippen molar-refractivity contribution in [3.8, 4) is 0 Å².